The first-order valence-electron chi connectivity index (χ1n) is 10.4. The number of hydrogen-bond acceptors (Lipinski definition) is 3. The lowest BCUT2D eigenvalue weighted by atomic mass is 9.78. The van der Waals surface area contributed by atoms with Crippen molar-refractivity contribution >= 4 is 6.03 Å². The van der Waals surface area contributed by atoms with Crippen molar-refractivity contribution in [2.24, 2.45) is 5.92 Å². The Morgan fingerprint density at radius 3 is 2.74 bits per heavy atom. The minimum Gasteiger partial charge on any atom is -0.377 e. The van der Waals surface area contributed by atoms with Crippen LogP contribution in [0.2, 0.25) is 0 Å². The molecule has 5 heteroatoms. The standard InChI is InChI=1S/C22H34N2O3/c1-18(2)23-21(25)24-12-10-22(11-13-24)16-19(9-15-27-22)8-14-26-17-20-6-4-3-5-7-20/h3-7,18-19H,8-17H2,1-2H3,(H,23,25). The van der Waals surface area contributed by atoms with Gasteiger partial charge in [-0.05, 0) is 57.4 Å². The molecule has 1 N–H and O–H groups in total. The van der Waals surface area contributed by atoms with Crippen LogP contribution in [0, 0.1) is 5.92 Å². The van der Waals surface area contributed by atoms with Crippen LogP contribution in [-0.2, 0) is 16.1 Å². The summed E-state index contributed by atoms with van der Waals surface area (Å²) in [6.07, 6.45) is 5.20. The monoisotopic (exact) mass is 374 g/mol. The van der Waals surface area contributed by atoms with Gasteiger partial charge in [0, 0.05) is 32.3 Å². The number of hydrogen-bond donors (Lipinski definition) is 1. The van der Waals surface area contributed by atoms with E-state index in [4.69, 9.17) is 9.47 Å². The molecule has 1 aromatic carbocycles. The van der Waals surface area contributed by atoms with Crippen LogP contribution in [-0.4, -0.2) is 48.9 Å². The molecule has 5 nitrogen and oxygen atoms in total. The Balaban J connectivity index is 1.39. The second-order valence-corrected chi connectivity index (χ2v) is 8.31. The van der Waals surface area contributed by atoms with Gasteiger partial charge in [-0.1, -0.05) is 30.3 Å². The molecule has 0 aliphatic carbocycles. The molecular weight excluding hydrogens is 340 g/mol. The fraction of sp³-hybridized carbons (Fsp3) is 0.682. The van der Waals surface area contributed by atoms with E-state index >= 15 is 0 Å². The maximum Gasteiger partial charge on any atom is 0.317 e. The van der Waals surface area contributed by atoms with Crippen molar-refractivity contribution in [3.05, 3.63) is 35.9 Å². The molecule has 2 aliphatic rings. The summed E-state index contributed by atoms with van der Waals surface area (Å²) in [6, 6.07) is 10.6. The Morgan fingerprint density at radius 1 is 1.30 bits per heavy atom. The molecule has 0 saturated carbocycles. The van der Waals surface area contributed by atoms with E-state index in [9.17, 15) is 4.79 Å². The highest BCUT2D eigenvalue weighted by Crippen LogP contribution is 2.38. The van der Waals surface area contributed by atoms with Gasteiger partial charge in [0.1, 0.15) is 0 Å². The van der Waals surface area contributed by atoms with Crippen LogP contribution >= 0.6 is 0 Å². The summed E-state index contributed by atoms with van der Waals surface area (Å²) in [5.41, 5.74) is 1.20. The highest BCUT2D eigenvalue weighted by atomic mass is 16.5. The molecule has 0 radical (unpaired) electrons. The number of benzene rings is 1. The third kappa shape index (κ3) is 5.94. The summed E-state index contributed by atoms with van der Waals surface area (Å²) in [5, 5.41) is 2.99. The lowest BCUT2D eigenvalue weighted by Crippen LogP contribution is -2.53. The van der Waals surface area contributed by atoms with E-state index in [2.05, 4.69) is 29.6 Å². The zero-order valence-electron chi connectivity index (χ0n) is 16.8. The minimum atomic E-state index is -0.0308. The summed E-state index contributed by atoms with van der Waals surface area (Å²) >= 11 is 0. The lowest BCUT2D eigenvalue weighted by Gasteiger charge is -2.46. The van der Waals surface area contributed by atoms with Crippen LogP contribution in [0.5, 0.6) is 0 Å². The maximum atomic E-state index is 12.2. The summed E-state index contributed by atoms with van der Waals surface area (Å²) in [6.45, 7) is 7.90. The Morgan fingerprint density at radius 2 is 2.04 bits per heavy atom. The van der Waals surface area contributed by atoms with Crippen molar-refractivity contribution in [3.8, 4) is 0 Å². The maximum absolute atomic E-state index is 12.2. The highest BCUT2D eigenvalue weighted by Gasteiger charge is 2.41. The summed E-state index contributed by atoms with van der Waals surface area (Å²) in [7, 11) is 0. The van der Waals surface area contributed by atoms with Gasteiger partial charge < -0.3 is 19.7 Å². The zero-order chi connectivity index (χ0) is 19.1. The Hall–Kier alpha value is -1.59. The first-order chi connectivity index (χ1) is 13.1. The molecule has 1 unspecified atom stereocenters. The molecular formula is C22H34N2O3. The molecule has 1 aromatic rings. The van der Waals surface area contributed by atoms with Crippen molar-refractivity contribution in [2.45, 2.75) is 64.2 Å². The van der Waals surface area contributed by atoms with Gasteiger partial charge in [0.25, 0.3) is 0 Å². The normalized spacial score (nSPS) is 22.2. The Labute approximate surface area is 163 Å². The van der Waals surface area contributed by atoms with E-state index in [1.165, 1.54) is 5.56 Å². The molecule has 0 bridgehead atoms. The molecule has 2 aliphatic heterocycles. The number of nitrogens with one attached hydrogen (secondary N) is 1. The average molecular weight is 375 g/mol. The topological polar surface area (TPSA) is 50.8 Å². The van der Waals surface area contributed by atoms with Crippen LogP contribution in [0.15, 0.2) is 30.3 Å². The lowest BCUT2D eigenvalue weighted by molar-refractivity contribution is -0.125. The van der Waals surface area contributed by atoms with Gasteiger partial charge in [0.2, 0.25) is 0 Å². The summed E-state index contributed by atoms with van der Waals surface area (Å²) in [4.78, 5) is 14.1. The first-order valence-corrected chi connectivity index (χ1v) is 10.4. The number of likely N-dealkylation sites (tertiary alicyclic amines) is 1. The van der Waals surface area contributed by atoms with E-state index in [0.29, 0.717) is 12.5 Å². The SMILES string of the molecule is CC(C)NC(=O)N1CCC2(CC1)CC(CCOCc1ccccc1)CCO2. The third-order valence-electron chi connectivity index (χ3n) is 5.75. The smallest absolute Gasteiger partial charge is 0.317 e. The minimum absolute atomic E-state index is 0.0308. The van der Waals surface area contributed by atoms with E-state index in [0.717, 1.165) is 58.4 Å². The molecule has 1 atom stereocenters. The largest absolute Gasteiger partial charge is 0.377 e. The van der Waals surface area contributed by atoms with E-state index in [-0.39, 0.29) is 17.7 Å². The van der Waals surface area contributed by atoms with Crippen molar-refractivity contribution in [1.82, 2.24) is 10.2 Å². The third-order valence-corrected chi connectivity index (χ3v) is 5.75. The van der Waals surface area contributed by atoms with Crippen LogP contribution in [0.1, 0.15) is 51.5 Å². The second-order valence-electron chi connectivity index (χ2n) is 8.31. The Kier molecular flexibility index (Phi) is 7.13. The quantitative estimate of drug-likeness (QED) is 0.767. The van der Waals surface area contributed by atoms with Gasteiger partial charge in [0.05, 0.1) is 12.2 Å². The van der Waals surface area contributed by atoms with Gasteiger partial charge in [0.15, 0.2) is 0 Å². The van der Waals surface area contributed by atoms with E-state index in [1.54, 1.807) is 0 Å². The number of carbonyl (C=O) groups is 1. The van der Waals surface area contributed by atoms with E-state index in [1.807, 2.05) is 24.8 Å². The predicted octanol–water partition coefficient (Wildman–Crippen LogP) is 3.97. The Bertz CT molecular complexity index is 582. The molecule has 150 valence electrons. The zero-order valence-corrected chi connectivity index (χ0v) is 16.8. The number of rotatable bonds is 6. The van der Waals surface area contributed by atoms with Crippen LogP contribution in [0.25, 0.3) is 0 Å². The van der Waals surface area contributed by atoms with Gasteiger partial charge >= 0.3 is 6.03 Å². The molecule has 2 saturated heterocycles. The number of nitrogens with zero attached hydrogens (tertiary/aromatic N) is 1. The molecule has 2 amide bonds. The van der Waals surface area contributed by atoms with Gasteiger partial charge in [-0.25, -0.2) is 4.79 Å². The average Bonchev–Trinajstić information content (AvgIpc) is 2.66. The molecule has 27 heavy (non-hydrogen) atoms. The second kappa shape index (κ2) is 9.56. The van der Waals surface area contributed by atoms with Crippen molar-refractivity contribution in [1.29, 1.82) is 0 Å². The number of urea groups is 1. The fourth-order valence-corrected chi connectivity index (χ4v) is 4.19. The van der Waals surface area contributed by atoms with Crippen molar-refractivity contribution in [2.75, 3.05) is 26.3 Å². The molecule has 2 fully saturated rings. The number of piperidine rings is 1. The van der Waals surface area contributed by atoms with Gasteiger partial charge in [-0.15, -0.1) is 0 Å². The van der Waals surface area contributed by atoms with E-state index < -0.39 is 0 Å². The predicted molar refractivity (Wildman–Crippen MR) is 107 cm³/mol. The summed E-state index contributed by atoms with van der Waals surface area (Å²) in [5.74, 6) is 0.658. The fourth-order valence-electron chi connectivity index (χ4n) is 4.19. The van der Waals surface area contributed by atoms with Gasteiger partial charge in [-0.2, -0.15) is 0 Å². The van der Waals surface area contributed by atoms with Crippen LogP contribution < -0.4 is 5.32 Å². The van der Waals surface area contributed by atoms with Crippen LogP contribution in [0.3, 0.4) is 0 Å². The highest BCUT2D eigenvalue weighted by molar-refractivity contribution is 5.74. The summed E-state index contributed by atoms with van der Waals surface area (Å²) < 4.78 is 12.1. The number of amides is 2. The number of ether oxygens (including phenoxy) is 2. The number of carbonyl (C=O) groups excluding carboxylic acids is 1. The molecule has 2 heterocycles. The molecule has 0 aromatic heterocycles. The molecule has 3 rings (SSSR count). The van der Waals surface area contributed by atoms with Crippen LogP contribution in [0.4, 0.5) is 4.79 Å². The van der Waals surface area contributed by atoms with Crippen molar-refractivity contribution < 1.29 is 14.3 Å². The molecule has 1 spiro atoms. The van der Waals surface area contributed by atoms with Gasteiger partial charge in [-0.3, -0.25) is 0 Å². The first kappa shape index (κ1) is 20.2. The van der Waals surface area contributed by atoms with Crippen molar-refractivity contribution in [3.63, 3.8) is 0 Å².